The standard InChI is InChI=1S/C13H19ClFNO2S2/c1-10(6-7-19-3)16(2)20(17,18)13-5-4-11(9-14)8-12(13)15/h4-5,8,10H,6-7,9H2,1-3H3. The molecular weight excluding hydrogens is 321 g/mol. The number of thioether (sulfide) groups is 1. The molecule has 7 heteroatoms. The fourth-order valence-electron chi connectivity index (χ4n) is 1.70. The molecule has 0 aliphatic heterocycles. The van der Waals surface area contributed by atoms with Crippen LogP contribution in [-0.4, -0.2) is 37.8 Å². The van der Waals surface area contributed by atoms with Crippen molar-refractivity contribution in [3.05, 3.63) is 29.6 Å². The summed E-state index contributed by atoms with van der Waals surface area (Å²) >= 11 is 7.26. The number of halogens is 2. The molecule has 0 saturated carbocycles. The van der Waals surface area contributed by atoms with Crippen molar-refractivity contribution in [2.45, 2.75) is 30.2 Å². The van der Waals surface area contributed by atoms with Crippen molar-refractivity contribution in [2.24, 2.45) is 0 Å². The number of alkyl halides is 1. The smallest absolute Gasteiger partial charge is 0.207 e. The van der Waals surface area contributed by atoms with Gasteiger partial charge in [-0.15, -0.1) is 11.6 Å². The fourth-order valence-corrected chi connectivity index (χ4v) is 3.88. The van der Waals surface area contributed by atoms with Crippen LogP contribution in [0.15, 0.2) is 23.1 Å². The number of sulfonamides is 1. The Morgan fingerprint density at radius 2 is 2.10 bits per heavy atom. The van der Waals surface area contributed by atoms with Gasteiger partial charge >= 0.3 is 0 Å². The molecule has 0 spiro atoms. The molecule has 1 aromatic rings. The summed E-state index contributed by atoms with van der Waals surface area (Å²) in [6.07, 6.45) is 2.68. The average Bonchev–Trinajstić information content (AvgIpc) is 2.43. The summed E-state index contributed by atoms with van der Waals surface area (Å²) in [6.45, 7) is 1.82. The largest absolute Gasteiger partial charge is 0.245 e. The number of benzene rings is 1. The summed E-state index contributed by atoms with van der Waals surface area (Å²) < 4.78 is 40.0. The molecule has 0 aliphatic rings. The third-order valence-corrected chi connectivity index (χ3v) is 6.13. The van der Waals surface area contributed by atoms with Crippen molar-refractivity contribution >= 4 is 33.4 Å². The molecule has 0 radical (unpaired) electrons. The molecule has 0 aromatic heterocycles. The first kappa shape index (κ1) is 17.8. The van der Waals surface area contributed by atoms with E-state index in [1.54, 1.807) is 11.8 Å². The summed E-state index contributed by atoms with van der Waals surface area (Å²) in [4.78, 5) is -0.301. The summed E-state index contributed by atoms with van der Waals surface area (Å²) in [7, 11) is -2.34. The number of hydrogen-bond acceptors (Lipinski definition) is 3. The minimum atomic E-state index is -3.82. The van der Waals surface area contributed by atoms with Crippen LogP contribution < -0.4 is 0 Å². The third-order valence-electron chi connectivity index (χ3n) is 3.17. The summed E-state index contributed by atoms with van der Waals surface area (Å²) in [6, 6.07) is 3.80. The second-order valence-electron chi connectivity index (χ2n) is 4.55. The lowest BCUT2D eigenvalue weighted by molar-refractivity contribution is 0.380. The Bertz CT molecular complexity index is 551. The SMILES string of the molecule is CSCCC(C)N(C)S(=O)(=O)c1ccc(CCl)cc1F. The molecule has 0 bridgehead atoms. The zero-order chi connectivity index (χ0) is 15.3. The summed E-state index contributed by atoms with van der Waals surface area (Å²) in [5.41, 5.74) is 0.557. The number of nitrogens with zero attached hydrogens (tertiary/aromatic N) is 1. The molecule has 3 nitrogen and oxygen atoms in total. The van der Waals surface area contributed by atoms with Gasteiger partial charge in [-0.05, 0) is 43.0 Å². The van der Waals surface area contributed by atoms with Crippen molar-refractivity contribution in [1.82, 2.24) is 4.31 Å². The van der Waals surface area contributed by atoms with Crippen LogP contribution in [-0.2, 0) is 15.9 Å². The summed E-state index contributed by atoms with van der Waals surface area (Å²) in [5.74, 6) is 0.249. The second-order valence-corrected chi connectivity index (χ2v) is 7.77. The van der Waals surface area contributed by atoms with Gasteiger partial charge < -0.3 is 0 Å². The molecule has 1 aromatic carbocycles. The second kappa shape index (κ2) is 7.64. The first-order valence-corrected chi connectivity index (χ1v) is 9.52. The lowest BCUT2D eigenvalue weighted by Gasteiger charge is -2.24. The van der Waals surface area contributed by atoms with Gasteiger partial charge in [-0.25, -0.2) is 12.8 Å². The maximum absolute atomic E-state index is 13.9. The van der Waals surface area contributed by atoms with E-state index in [0.29, 0.717) is 5.56 Å². The zero-order valence-electron chi connectivity index (χ0n) is 11.8. The molecule has 0 amide bonds. The lowest BCUT2D eigenvalue weighted by atomic mass is 10.2. The topological polar surface area (TPSA) is 37.4 Å². The van der Waals surface area contributed by atoms with Gasteiger partial charge in [-0.3, -0.25) is 0 Å². The Kier molecular flexibility index (Phi) is 6.78. The van der Waals surface area contributed by atoms with E-state index in [2.05, 4.69) is 0 Å². The van der Waals surface area contributed by atoms with E-state index in [1.165, 1.54) is 29.6 Å². The van der Waals surface area contributed by atoms with Gasteiger partial charge in [0.25, 0.3) is 0 Å². The van der Waals surface area contributed by atoms with Crippen molar-refractivity contribution in [3.8, 4) is 0 Å². The average molecular weight is 340 g/mol. The Balaban J connectivity index is 3.04. The fraction of sp³-hybridized carbons (Fsp3) is 0.538. The molecule has 20 heavy (non-hydrogen) atoms. The van der Waals surface area contributed by atoms with Crippen LogP contribution in [0, 0.1) is 5.82 Å². The molecule has 1 atom stereocenters. The highest BCUT2D eigenvalue weighted by molar-refractivity contribution is 7.98. The Hall–Kier alpha value is -0.300. The highest BCUT2D eigenvalue weighted by Crippen LogP contribution is 2.22. The molecule has 1 unspecified atom stereocenters. The van der Waals surface area contributed by atoms with Gasteiger partial charge in [0.15, 0.2) is 0 Å². The minimum absolute atomic E-state index is 0.150. The van der Waals surface area contributed by atoms with Crippen molar-refractivity contribution in [1.29, 1.82) is 0 Å². The van der Waals surface area contributed by atoms with Crippen LogP contribution in [0.4, 0.5) is 4.39 Å². The van der Waals surface area contributed by atoms with Gasteiger partial charge in [-0.2, -0.15) is 16.1 Å². The van der Waals surface area contributed by atoms with Gasteiger partial charge in [0.05, 0.1) is 0 Å². The lowest BCUT2D eigenvalue weighted by Crippen LogP contribution is -2.35. The van der Waals surface area contributed by atoms with E-state index in [-0.39, 0.29) is 16.8 Å². The van der Waals surface area contributed by atoms with Crippen molar-refractivity contribution in [3.63, 3.8) is 0 Å². The van der Waals surface area contributed by atoms with Crippen molar-refractivity contribution < 1.29 is 12.8 Å². The van der Waals surface area contributed by atoms with Gasteiger partial charge in [-0.1, -0.05) is 6.07 Å². The molecule has 0 aliphatic carbocycles. The predicted molar refractivity (Wildman–Crippen MR) is 83.4 cm³/mol. The highest BCUT2D eigenvalue weighted by atomic mass is 35.5. The maximum atomic E-state index is 13.9. The Labute approximate surface area is 129 Å². The van der Waals surface area contributed by atoms with E-state index >= 15 is 0 Å². The normalized spacial score (nSPS) is 13.7. The van der Waals surface area contributed by atoms with E-state index in [4.69, 9.17) is 11.6 Å². The molecule has 114 valence electrons. The molecule has 0 saturated heterocycles. The van der Waals surface area contributed by atoms with Crippen LogP contribution >= 0.6 is 23.4 Å². The number of hydrogen-bond donors (Lipinski definition) is 0. The first-order valence-electron chi connectivity index (χ1n) is 6.16. The van der Waals surface area contributed by atoms with Gasteiger partial charge in [0.2, 0.25) is 10.0 Å². The first-order chi connectivity index (χ1) is 9.34. The van der Waals surface area contributed by atoms with Gasteiger partial charge in [0.1, 0.15) is 10.7 Å². The van der Waals surface area contributed by atoms with Crippen molar-refractivity contribution in [2.75, 3.05) is 19.1 Å². The maximum Gasteiger partial charge on any atom is 0.245 e. The van der Waals surface area contributed by atoms with Crippen LogP contribution in [0.25, 0.3) is 0 Å². The third kappa shape index (κ3) is 4.10. The van der Waals surface area contributed by atoms with Crippen LogP contribution in [0.3, 0.4) is 0 Å². The molecule has 1 rings (SSSR count). The molecular formula is C13H19ClFNO2S2. The van der Waals surface area contributed by atoms with E-state index in [1.807, 2.05) is 13.2 Å². The summed E-state index contributed by atoms with van der Waals surface area (Å²) in [5, 5.41) is 0. The Morgan fingerprint density at radius 1 is 1.45 bits per heavy atom. The quantitative estimate of drug-likeness (QED) is 0.715. The van der Waals surface area contributed by atoms with Crippen LogP contribution in [0.1, 0.15) is 18.9 Å². The molecule has 0 N–H and O–H groups in total. The van der Waals surface area contributed by atoms with Gasteiger partial charge in [0, 0.05) is 19.0 Å². The Morgan fingerprint density at radius 3 is 2.60 bits per heavy atom. The zero-order valence-corrected chi connectivity index (χ0v) is 14.2. The number of rotatable bonds is 7. The monoisotopic (exact) mass is 339 g/mol. The van der Waals surface area contributed by atoms with Crippen LogP contribution in [0.5, 0.6) is 0 Å². The van der Waals surface area contributed by atoms with E-state index in [0.717, 1.165) is 12.2 Å². The predicted octanol–water partition coefficient (Wildman–Crippen LogP) is 3.33. The van der Waals surface area contributed by atoms with Crippen LogP contribution in [0.2, 0.25) is 0 Å². The minimum Gasteiger partial charge on any atom is -0.207 e. The van der Waals surface area contributed by atoms with E-state index < -0.39 is 15.8 Å². The molecule has 0 fully saturated rings. The van der Waals surface area contributed by atoms with E-state index in [9.17, 15) is 12.8 Å². The molecule has 0 heterocycles. The highest BCUT2D eigenvalue weighted by Gasteiger charge is 2.27.